The monoisotopic (exact) mass is 350 g/mol. The normalized spacial score (nSPS) is 12.8. The van der Waals surface area contributed by atoms with Crippen LogP contribution in [0.15, 0.2) is 24.3 Å². The van der Waals surface area contributed by atoms with Crippen LogP contribution in [-0.2, 0) is 19.9 Å². The highest BCUT2D eigenvalue weighted by molar-refractivity contribution is 5.84. The number of nitrogens with one attached hydrogen (secondary N) is 2. The molecule has 0 spiro atoms. The number of hydrogen-bond acceptors (Lipinski definition) is 4. The average Bonchev–Trinajstić information content (AvgIpc) is 2.57. The number of benzene rings is 1. The molecule has 0 aromatic heterocycles. The van der Waals surface area contributed by atoms with Crippen molar-refractivity contribution in [3.8, 4) is 5.75 Å². The second kappa shape index (κ2) is 9.66. The number of hydrogen-bond donors (Lipinski definition) is 3. The van der Waals surface area contributed by atoms with Crippen LogP contribution >= 0.6 is 0 Å². The van der Waals surface area contributed by atoms with Gasteiger partial charge in [0.1, 0.15) is 5.75 Å². The van der Waals surface area contributed by atoms with E-state index in [2.05, 4.69) is 10.6 Å². The van der Waals surface area contributed by atoms with E-state index < -0.39 is 11.5 Å². The topological polar surface area (TPSA) is 105 Å². The summed E-state index contributed by atoms with van der Waals surface area (Å²) in [6.07, 6.45) is 0.597. The Morgan fingerprint density at radius 1 is 1.20 bits per heavy atom. The number of carbonyl (C=O) groups is 3. The molecule has 0 aliphatic rings. The number of methoxy groups -OCH3 is 1. The van der Waals surface area contributed by atoms with Crippen LogP contribution in [-0.4, -0.2) is 36.5 Å². The Bertz CT molecular complexity index is 617. The van der Waals surface area contributed by atoms with E-state index in [1.54, 1.807) is 31.2 Å². The van der Waals surface area contributed by atoms with Crippen molar-refractivity contribution in [3.63, 3.8) is 0 Å². The summed E-state index contributed by atoms with van der Waals surface area (Å²) >= 11 is 0. The third-order valence-electron chi connectivity index (χ3n) is 3.78. The molecule has 0 aliphatic carbocycles. The van der Waals surface area contributed by atoms with Gasteiger partial charge >= 0.3 is 5.97 Å². The van der Waals surface area contributed by atoms with Gasteiger partial charge in [0, 0.05) is 19.4 Å². The molecule has 0 saturated heterocycles. The summed E-state index contributed by atoms with van der Waals surface area (Å²) in [7, 11) is 1.52. The highest BCUT2D eigenvalue weighted by Crippen LogP contribution is 2.28. The Balaban J connectivity index is 2.82. The molecule has 7 heteroatoms. The van der Waals surface area contributed by atoms with Crippen molar-refractivity contribution in [2.75, 3.05) is 13.7 Å². The molecule has 1 unspecified atom stereocenters. The first-order chi connectivity index (χ1) is 11.8. The zero-order valence-corrected chi connectivity index (χ0v) is 14.9. The molecule has 0 fully saturated rings. The van der Waals surface area contributed by atoms with Gasteiger partial charge in [-0.2, -0.15) is 0 Å². The lowest BCUT2D eigenvalue weighted by Crippen LogP contribution is -2.45. The first-order valence-electron chi connectivity index (χ1n) is 8.24. The first kappa shape index (κ1) is 20.5. The van der Waals surface area contributed by atoms with Crippen molar-refractivity contribution in [3.05, 3.63) is 29.8 Å². The predicted molar refractivity (Wildman–Crippen MR) is 93.3 cm³/mol. The minimum atomic E-state index is -1.10. The van der Waals surface area contributed by atoms with Crippen molar-refractivity contribution >= 4 is 17.8 Å². The van der Waals surface area contributed by atoms with E-state index in [-0.39, 0.29) is 31.1 Å². The maximum absolute atomic E-state index is 12.2. The zero-order valence-electron chi connectivity index (χ0n) is 14.9. The van der Waals surface area contributed by atoms with Gasteiger partial charge in [-0.3, -0.25) is 14.4 Å². The van der Waals surface area contributed by atoms with Gasteiger partial charge < -0.3 is 20.5 Å². The van der Waals surface area contributed by atoms with Crippen LogP contribution in [0.25, 0.3) is 0 Å². The van der Waals surface area contributed by atoms with Gasteiger partial charge in [-0.1, -0.05) is 19.1 Å². The van der Waals surface area contributed by atoms with Crippen LogP contribution in [0.5, 0.6) is 5.75 Å². The molecule has 3 N–H and O–H groups in total. The standard InChI is InChI=1S/C18H26N2O5/c1-4-10-19-15(21)8-9-16(22)20-18(2,12-17(23)24)13-6-5-7-14(11-13)25-3/h5-7,11H,4,8-10,12H2,1-3H3,(H,19,21)(H,20,22)(H,23,24). The van der Waals surface area contributed by atoms with Gasteiger partial charge in [0.25, 0.3) is 0 Å². The molecule has 1 atom stereocenters. The van der Waals surface area contributed by atoms with Crippen LogP contribution in [0.2, 0.25) is 0 Å². The molecule has 138 valence electrons. The number of carboxylic acids is 1. The molecule has 0 heterocycles. The number of carbonyl (C=O) groups excluding carboxylic acids is 2. The summed E-state index contributed by atoms with van der Waals surface area (Å²) in [5, 5.41) is 14.7. The summed E-state index contributed by atoms with van der Waals surface area (Å²) in [6.45, 7) is 4.16. The van der Waals surface area contributed by atoms with Crippen molar-refractivity contribution in [2.45, 2.75) is 45.1 Å². The Kier molecular flexibility index (Phi) is 7.91. The summed E-state index contributed by atoms with van der Waals surface area (Å²) in [5.74, 6) is -1.04. The molecule has 2 amide bonds. The highest BCUT2D eigenvalue weighted by Gasteiger charge is 2.31. The molecule has 1 aromatic carbocycles. The van der Waals surface area contributed by atoms with Crippen LogP contribution in [0, 0.1) is 0 Å². The number of aliphatic carboxylic acids is 1. The second-order valence-electron chi connectivity index (χ2n) is 6.03. The van der Waals surface area contributed by atoms with Gasteiger partial charge in [-0.05, 0) is 31.0 Å². The van der Waals surface area contributed by atoms with Crippen molar-refractivity contribution < 1.29 is 24.2 Å². The Morgan fingerprint density at radius 2 is 1.88 bits per heavy atom. The van der Waals surface area contributed by atoms with E-state index in [1.807, 2.05) is 6.92 Å². The summed E-state index contributed by atoms with van der Waals surface area (Å²) in [4.78, 5) is 35.1. The lowest BCUT2D eigenvalue weighted by molar-refractivity contribution is -0.139. The van der Waals surface area contributed by atoms with Gasteiger partial charge in [-0.25, -0.2) is 0 Å². The molecule has 0 aliphatic heterocycles. The SMILES string of the molecule is CCCNC(=O)CCC(=O)NC(C)(CC(=O)O)c1cccc(OC)c1. The smallest absolute Gasteiger partial charge is 0.306 e. The average molecular weight is 350 g/mol. The molecule has 0 radical (unpaired) electrons. The van der Waals surface area contributed by atoms with Crippen LogP contribution < -0.4 is 15.4 Å². The summed E-state index contributed by atoms with van der Waals surface area (Å²) in [5.41, 5.74) is -0.477. The lowest BCUT2D eigenvalue weighted by Gasteiger charge is -2.30. The van der Waals surface area contributed by atoms with E-state index in [0.29, 0.717) is 17.9 Å². The van der Waals surface area contributed by atoms with E-state index in [1.165, 1.54) is 7.11 Å². The fourth-order valence-corrected chi connectivity index (χ4v) is 2.44. The van der Waals surface area contributed by atoms with Crippen LogP contribution in [0.3, 0.4) is 0 Å². The van der Waals surface area contributed by atoms with Crippen LogP contribution in [0.1, 0.15) is 45.1 Å². The number of rotatable bonds is 10. The van der Waals surface area contributed by atoms with Crippen molar-refractivity contribution in [1.29, 1.82) is 0 Å². The van der Waals surface area contributed by atoms with Gasteiger partial charge in [0.2, 0.25) is 11.8 Å². The molecule has 0 saturated carbocycles. The second-order valence-corrected chi connectivity index (χ2v) is 6.03. The maximum Gasteiger partial charge on any atom is 0.306 e. The Morgan fingerprint density at radius 3 is 2.48 bits per heavy atom. The number of carboxylic acid groups (broad SMARTS) is 1. The predicted octanol–water partition coefficient (Wildman–Crippen LogP) is 1.81. The third-order valence-corrected chi connectivity index (χ3v) is 3.78. The molecule has 25 heavy (non-hydrogen) atoms. The molecular weight excluding hydrogens is 324 g/mol. The number of amides is 2. The lowest BCUT2D eigenvalue weighted by atomic mass is 9.88. The Labute approximate surface area is 147 Å². The van der Waals surface area contributed by atoms with E-state index in [0.717, 1.165) is 6.42 Å². The quantitative estimate of drug-likeness (QED) is 0.597. The Hall–Kier alpha value is -2.57. The maximum atomic E-state index is 12.2. The molecule has 0 bridgehead atoms. The molecule has 1 aromatic rings. The minimum absolute atomic E-state index is 0.00523. The molecular formula is C18H26N2O5. The van der Waals surface area contributed by atoms with Gasteiger partial charge in [-0.15, -0.1) is 0 Å². The first-order valence-corrected chi connectivity index (χ1v) is 8.24. The largest absolute Gasteiger partial charge is 0.497 e. The summed E-state index contributed by atoms with van der Waals surface area (Å²) < 4.78 is 5.16. The molecule has 7 nitrogen and oxygen atoms in total. The van der Waals surface area contributed by atoms with Crippen molar-refractivity contribution in [2.24, 2.45) is 0 Å². The minimum Gasteiger partial charge on any atom is -0.497 e. The van der Waals surface area contributed by atoms with Gasteiger partial charge in [0.15, 0.2) is 0 Å². The van der Waals surface area contributed by atoms with E-state index in [4.69, 9.17) is 4.74 Å². The van der Waals surface area contributed by atoms with Gasteiger partial charge in [0.05, 0.1) is 19.1 Å². The van der Waals surface area contributed by atoms with Crippen molar-refractivity contribution in [1.82, 2.24) is 10.6 Å². The van der Waals surface area contributed by atoms with Crippen LogP contribution in [0.4, 0.5) is 0 Å². The van der Waals surface area contributed by atoms with E-state index in [9.17, 15) is 19.5 Å². The fraction of sp³-hybridized carbons (Fsp3) is 0.500. The van der Waals surface area contributed by atoms with E-state index >= 15 is 0 Å². The third kappa shape index (κ3) is 6.82. The fourth-order valence-electron chi connectivity index (χ4n) is 2.44. The number of ether oxygens (including phenoxy) is 1. The zero-order chi connectivity index (χ0) is 18.9. The molecule has 1 rings (SSSR count). The summed E-state index contributed by atoms with van der Waals surface area (Å²) in [6, 6.07) is 6.90. The highest BCUT2D eigenvalue weighted by atomic mass is 16.5.